The van der Waals surface area contributed by atoms with Gasteiger partial charge in [0.25, 0.3) is 0 Å². The number of carboxylic acids is 1. The van der Waals surface area contributed by atoms with Gasteiger partial charge in [-0.2, -0.15) is 0 Å². The average Bonchev–Trinajstić information content (AvgIpc) is 3.11. The normalized spacial score (nSPS) is 16.2. The van der Waals surface area contributed by atoms with Crippen LogP contribution in [-0.4, -0.2) is 42.8 Å². The zero-order valence-corrected chi connectivity index (χ0v) is 11.7. The van der Waals surface area contributed by atoms with Crippen molar-refractivity contribution >= 4 is 12.0 Å². The molecule has 6 heteroatoms. The topological polar surface area (TPSA) is 90.5 Å². The van der Waals surface area contributed by atoms with Crippen LogP contribution in [0.25, 0.3) is 0 Å². The van der Waals surface area contributed by atoms with Gasteiger partial charge in [-0.05, 0) is 31.7 Å². The molecule has 1 aliphatic rings. The first-order valence-corrected chi connectivity index (χ1v) is 6.98. The third-order valence-corrected chi connectivity index (χ3v) is 3.25. The predicted molar refractivity (Wildman–Crippen MR) is 73.0 cm³/mol. The van der Waals surface area contributed by atoms with Gasteiger partial charge < -0.3 is 21.1 Å². The number of amides is 2. The van der Waals surface area contributed by atoms with Crippen molar-refractivity contribution < 1.29 is 14.7 Å². The second-order valence-corrected chi connectivity index (χ2v) is 5.41. The summed E-state index contributed by atoms with van der Waals surface area (Å²) in [6.07, 6.45) is 3.41. The molecule has 1 atom stereocenters. The lowest BCUT2D eigenvalue weighted by Gasteiger charge is -2.17. The number of carbonyl (C=O) groups excluding carboxylic acids is 1. The summed E-state index contributed by atoms with van der Waals surface area (Å²) in [5.41, 5.74) is 0. The highest BCUT2D eigenvalue weighted by Crippen LogP contribution is 2.18. The van der Waals surface area contributed by atoms with Gasteiger partial charge in [0.2, 0.25) is 0 Å². The smallest absolute Gasteiger partial charge is 0.314 e. The SMILES string of the molecule is CC(C)C(CNC(=O)NCCCNC1CC1)C(=O)O. The van der Waals surface area contributed by atoms with Crippen LogP contribution >= 0.6 is 0 Å². The van der Waals surface area contributed by atoms with E-state index in [0.29, 0.717) is 12.6 Å². The van der Waals surface area contributed by atoms with Gasteiger partial charge in [-0.15, -0.1) is 0 Å². The largest absolute Gasteiger partial charge is 0.481 e. The number of nitrogens with one attached hydrogen (secondary N) is 3. The Morgan fingerprint density at radius 2 is 1.89 bits per heavy atom. The minimum Gasteiger partial charge on any atom is -0.481 e. The Morgan fingerprint density at radius 3 is 2.42 bits per heavy atom. The maximum atomic E-state index is 11.5. The summed E-state index contributed by atoms with van der Waals surface area (Å²) in [7, 11) is 0. The second-order valence-electron chi connectivity index (χ2n) is 5.41. The zero-order valence-electron chi connectivity index (χ0n) is 11.7. The van der Waals surface area contributed by atoms with Crippen molar-refractivity contribution in [2.24, 2.45) is 11.8 Å². The molecule has 6 nitrogen and oxygen atoms in total. The average molecular weight is 271 g/mol. The number of rotatable bonds is 9. The highest BCUT2D eigenvalue weighted by Gasteiger charge is 2.22. The lowest BCUT2D eigenvalue weighted by Crippen LogP contribution is -2.41. The van der Waals surface area contributed by atoms with Gasteiger partial charge in [0.05, 0.1) is 5.92 Å². The molecule has 0 bridgehead atoms. The number of aliphatic carboxylic acids is 1. The summed E-state index contributed by atoms with van der Waals surface area (Å²) in [4.78, 5) is 22.4. The molecule has 1 fully saturated rings. The molecule has 0 aromatic carbocycles. The van der Waals surface area contributed by atoms with Crippen molar-refractivity contribution in [2.45, 2.75) is 39.2 Å². The molecule has 1 saturated carbocycles. The minimum atomic E-state index is -0.871. The number of hydrogen-bond donors (Lipinski definition) is 4. The molecule has 1 rings (SSSR count). The molecule has 0 radical (unpaired) electrons. The fourth-order valence-corrected chi connectivity index (χ4v) is 1.76. The Labute approximate surface area is 114 Å². The van der Waals surface area contributed by atoms with E-state index in [1.165, 1.54) is 12.8 Å². The highest BCUT2D eigenvalue weighted by atomic mass is 16.4. The van der Waals surface area contributed by atoms with Gasteiger partial charge in [0, 0.05) is 19.1 Å². The molecular formula is C13H25N3O3. The van der Waals surface area contributed by atoms with Crippen LogP contribution < -0.4 is 16.0 Å². The molecule has 110 valence electrons. The van der Waals surface area contributed by atoms with E-state index in [1.807, 2.05) is 13.8 Å². The van der Waals surface area contributed by atoms with E-state index in [-0.39, 0.29) is 18.5 Å². The Hall–Kier alpha value is -1.30. The van der Waals surface area contributed by atoms with E-state index in [0.717, 1.165) is 13.0 Å². The van der Waals surface area contributed by atoms with Crippen LogP contribution in [0.4, 0.5) is 4.79 Å². The van der Waals surface area contributed by atoms with Crippen molar-refractivity contribution in [3.63, 3.8) is 0 Å². The van der Waals surface area contributed by atoms with Crippen LogP contribution in [-0.2, 0) is 4.79 Å². The molecule has 0 spiro atoms. The summed E-state index contributed by atoms with van der Waals surface area (Å²) in [6.45, 7) is 5.35. The van der Waals surface area contributed by atoms with E-state index in [1.54, 1.807) is 0 Å². The fourth-order valence-electron chi connectivity index (χ4n) is 1.76. The van der Waals surface area contributed by atoms with Gasteiger partial charge in [0.15, 0.2) is 0 Å². The number of urea groups is 1. The number of carbonyl (C=O) groups is 2. The van der Waals surface area contributed by atoms with E-state index < -0.39 is 11.9 Å². The second kappa shape index (κ2) is 7.99. The van der Waals surface area contributed by atoms with E-state index in [9.17, 15) is 9.59 Å². The van der Waals surface area contributed by atoms with Crippen LogP contribution in [0, 0.1) is 11.8 Å². The molecule has 19 heavy (non-hydrogen) atoms. The quantitative estimate of drug-likeness (QED) is 0.467. The minimum absolute atomic E-state index is 0.000502. The third kappa shape index (κ3) is 7.00. The molecule has 0 aromatic heterocycles. The van der Waals surface area contributed by atoms with Crippen molar-refractivity contribution in [1.29, 1.82) is 0 Å². The summed E-state index contributed by atoms with van der Waals surface area (Å²) in [6, 6.07) is 0.398. The van der Waals surface area contributed by atoms with Gasteiger partial charge >= 0.3 is 12.0 Å². The third-order valence-electron chi connectivity index (χ3n) is 3.25. The van der Waals surface area contributed by atoms with Crippen molar-refractivity contribution in [2.75, 3.05) is 19.6 Å². The van der Waals surface area contributed by atoms with Crippen LogP contribution in [0.1, 0.15) is 33.1 Å². The molecule has 1 unspecified atom stereocenters. The summed E-state index contributed by atoms with van der Waals surface area (Å²) >= 11 is 0. The van der Waals surface area contributed by atoms with Crippen LogP contribution in [0.3, 0.4) is 0 Å². The van der Waals surface area contributed by atoms with Crippen molar-refractivity contribution in [3.05, 3.63) is 0 Å². The maximum Gasteiger partial charge on any atom is 0.314 e. The molecule has 2 amide bonds. The standard InChI is InChI=1S/C13H25N3O3/c1-9(2)11(12(17)18)8-16-13(19)15-7-3-6-14-10-4-5-10/h9-11,14H,3-8H2,1-2H3,(H,17,18)(H2,15,16,19). The Kier molecular flexibility index (Phi) is 6.62. The predicted octanol–water partition coefficient (Wildman–Crippen LogP) is 0.785. The Bertz CT molecular complexity index is 304. The van der Waals surface area contributed by atoms with Crippen molar-refractivity contribution in [3.8, 4) is 0 Å². The molecule has 4 N–H and O–H groups in total. The van der Waals surface area contributed by atoms with Crippen LogP contribution in [0.5, 0.6) is 0 Å². The number of carboxylic acid groups (broad SMARTS) is 1. The summed E-state index contributed by atoms with van der Waals surface area (Å²) in [5.74, 6) is -1.41. The van der Waals surface area contributed by atoms with Crippen LogP contribution in [0.15, 0.2) is 0 Å². The van der Waals surface area contributed by atoms with Crippen LogP contribution in [0.2, 0.25) is 0 Å². The van der Waals surface area contributed by atoms with E-state index in [2.05, 4.69) is 16.0 Å². The van der Waals surface area contributed by atoms with E-state index >= 15 is 0 Å². The highest BCUT2D eigenvalue weighted by molar-refractivity contribution is 5.75. The van der Waals surface area contributed by atoms with Gasteiger partial charge in [-0.1, -0.05) is 13.8 Å². The molecule has 0 aromatic rings. The molecule has 1 aliphatic carbocycles. The monoisotopic (exact) mass is 271 g/mol. The lowest BCUT2D eigenvalue weighted by molar-refractivity contribution is -0.142. The van der Waals surface area contributed by atoms with E-state index in [4.69, 9.17) is 5.11 Å². The lowest BCUT2D eigenvalue weighted by atomic mass is 9.96. The Morgan fingerprint density at radius 1 is 1.21 bits per heavy atom. The molecule has 0 saturated heterocycles. The summed E-state index contributed by atoms with van der Waals surface area (Å²) < 4.78 is 0. The maximum absolute atomic E-state index is 11.5. The van der Waals surface area contributed by atoms with Gasteiger partial charge in [0.1, 0.15) is 0 Å². The van der Waals surface area contributed by atoms with Crippen molar-refractivity contribution in [1.82, 2.24) is 16.0 Å². The van der Waals surface area contributed by atoms with Gasteiger partial charge in [-0.3, -0.25) is 4.79 Å². The molecule has 0 aliphatic heterocycles. The van der Waals surface area contributed by atoms with Gasteiger partial charge in [-0.25, -0.2) is 4.79 Å². The first-order chi connectivity index (χ1) is 9.00. The molecule has 0 heterocycles. The first-order valence-electron chi connectivity index (χ1n) is 6.98. The summed E-state index contributed by atoms with van der Waals surface area (Å²) in [5, 5.41) is 17.7. The first kappa shape index (κ1) is 15.8. The Balaban J connectivity index is 2.03. The fraction of sp³-hybridized carbons (Fsp3) is 0.846. The molecular weight excluding hydrogens is 246 g/mol. The number of hydrogen-bond acceptors (Lipinski definition) is 3. The zero-order chi connectivity index (χ0) is 14.3.